The number of aromatic nitrogens is 2. The van der Waals surface area contributed by atoms with E-state index >= 15 is 0 Å². The molecule has 0 spiro atoms. The Morgan fingerprint density at radius 1 is 1.27 bits per heavy atom. The smallest absolute Gasteiger partial charge is 0.225 e. The Hall–Kier alpha value is -1.49. The number of rotatable bonds is 3. The summed E-state index contributed by atoms with van der Waals surface area (Å²) >= 11 is 0. The van der Waals surface area contributed by atoms with Crippen molar-refractivity contribution in [3.63, 3.8) is 0 Å². The van der Waals surface area contributed by atoms with Crippen LogP contribution in [0.3, 0.4) is 0 Å². The van der Waals surface area contributed by atoms with Crippen molar-refractivity contribution in [2.75, 3.05) is 13.1 Å². The van der Waals surface area contributed by atoms with Crippen molar-refractivity contribution in [3.05, 3.63) is 24.3 Å². The fourth-order valence-electron chi connectivity index (χ4n) is 3.75. The molecule has 2 fully saturated rings. The number of likely N-dealkylation sites (tertiary alicyclic amines) is 1. The molecule has 0 unspecified atom stereocenters. The summed E-state index contributed by atoms with van der Waals surface area (Å²) in [6, 6.07) is 0. The van der Waals surface area contributed by atoms with E-state index in [0.29, 0.717) is 6.54 Å². The van der Waals surface area contributed by atoms with Crippen LogP contribution in [0.1, 0.15) is 63.0 Å². The lowest BCUT2D eigenvalue weighted by atomic mass is 9.82. The maximum atomic E-state index is 12.6. The average Bonchev–Trinajstić information content (AvgIpc) is 2.56. The average molecular weight is 303 g/mol. The number of hydrogen-bond acceptors (Lipinski definition) is 4. The molecule has 1 N–H and O–H groups in total. The first kappa shape index (κ1) is 15.4. The molecule has 1 saturated heterocycles. The van der Waals surface area contributed by atoms with Crippen LogP contribution < -0.4 is 0 Å². The van der Waals surface area contributed by atoms with Gasteiger partial charge in [-0.05, 0) is 25.7 Å². The lowest BCUT2D eigenvalue weighted by Gasteiger charge is -2.36. The second kappa shape index (κ2) is 6.73. The van der Waals surface area contributed by atoms with Gasteiger partial charge in [-0.2, -0.15) is 0 Å². The summed E-state index contributed by atoms with van der Waals surface area (Å²) in [6.07, 6.45) is 12.3. The number of carbonyl (C=O) groups is 1. The van der Waals surface area contributed by atoms with Crippen LogP contribution in [0.5, 0.6) is 0 Å². The van der Waals surface area contributed by atoms with E-state index in [1.165, 1.54) is 6.42 Å². The van der Waals surface area contributed by atoms with Crippen molar-refractivity contribution in [2.45, 2.75) is 62.9 Å². The minimum absolute atomic E-state index is 0.0954. The Bertz CT molecular complexity index is 500. The number of aliphatic hydroxyl groups is 1. The van der Waals surface area contributed by atoms with E-state index < -0.39 is 5.60 Å². The zero-order chi connectivity index (χ0) is 15.4. The highest BCUT2D eigenvalue weighted by molar-refractivity contribution is 5.77. The Labute approximate surface area is 131 Å². The van der Waals surface area contributed by atoms with E-state index in [1.54, 1.807) is 18.6 Å². The Balaban J connectivity index is 1.60. The molecule has 3 rings (SSSR count). The van der Waals surface area contributed by atoms with Crippen molar-refractivity contribution in [2.24, 2.45) is 0 Å². The zero-order valence-corrected chi connectivity index (χ0v) is 13.1. The number of nitrogens with zero attached hydrogens (tertiary/aromatic N) is 3. The quantitative estimate of drug-likeness (QED) is 0.930. The maximum Gasteiger partial charge on any atom is 0.225 e. The van der Waals surface area contributed by atoms with Gasteiger partial charge in [-0.1, -0.05) is 19.3 Å². The summed E-state index contributed by atoms with van der Waals surface area (Å²) < 4.78 is 0. The van der Waals surface area contributed by atoms with Crippen LogP contribution in [0.2, 0.25) is 0 Å². The van der Waals surface area contributed by atoms with Crippen molar-refractivity contribution in [1.82, 2.24) is 14.9 Å². The monoisotopic (exact) mass is 303 g/mol. The first-order valence-electron chi connectivity index (χ1n) is 8.42. The zero-order valence-electron chi connectivity index (χ0n) is 13.1. The molecule has 1 aromatic rings. The fourth-order valence-corrected chi connectivity index (χ4v) is 3.75. The van der Waals surface area contributed by atoms with Gasteiger partial charge in [0.05, 0.1) is 17.7 Å². The summed E-state index contributed by atoms with van der Waals surface area (Å²) in [5.41, 5.74) is 0.200. The molecule has 2 aliphatic rings. The van der Waals surface area contributed by atoms with E-state index in [4.69, 9.17) is 0 Å². The van der Waals surface area contributed by atoms with E-state index in [2.05, 4.69) is 9.97 Å². The van der Waals surface area contributed by atoms with E-state index in [1.807, 2.05) is 4.90 Å². The van der Waals surface area contributed by atoms with Crippen molar-refractivity contribution in [3.8, 4) is 0 Å². The topological polar surface area (TPSA) is 66.3 Å². The summed E-state index contributed by atoms with van der Waals surface area (Å²) in [5, 5.41) is 10.6. The molecule has 0 bridgehead atoms. The van der Waals surface area contributed by atoms with Crippen LogP contribution in [-0.2, 0) is 4.79 Å². The van der Waals surface area contributed by atoms with E-state index in [0.717, 1.165) is 50.8 Å². The molecule has 1 atom stereocenters. The van der Waals surface area contributed by atoms with Gasteiger partial charge in [0, 0.05) is 37.6 Å². The van der Waals surface area contributed by atoms with Crippen molar-refractivity contribution in [1.29, 1.82) is 0 Å². The third-order valence-corrected chi connectivity index (χ3v) is 5.04. The first-order chi connectivity index (χ1) is 10.7. The first-order valence-corrected chi connectivity index (χ1v) is 8.42. The van der Waals surface area contributed by atoms with Crippen molar-refractivity contribution < 1.29 is 9.90 Å². The molecule has 2 heterocycles. The normalized spacial score (nSPS) is 25.0. The third-order valence-electron chi connectivity index (χ3n) is 5.04. The van der Waals surface area contributed by atoms with Gasteiger partial charge in [0.2, 0.25) is 5.91 Å². The van der Waals surface area contributed by atoms with Gasteiger partial charge < -0.3 is 10.0 Å². The largest absolute Gasteiger partial charge is 0.389 e. The number of hydrogen-bond donors (Lipinski definition) is 1. The van der Waals surface area contributed by atoms with Crippen LogP contribution in [0, 0.1) is 0 Å². The van der Waals surface area contributed by atoms with Crippen LogP contribution in [0.4, 0.5) is 0 Å². The van der Waals surface area contributed by atoms with Crippen LogP contribution >= 0.6 is 0 Å². The Kier molecular flexibility index (Phi) is 4.71. The molecule has 5 heteroatoms. The van der Waals surface area contributed by atoms with Gasteiger partial charge in [-0.25, -0.2) is 0 Å². The third kappa shape index (κ3) is 3.64. The molecule has 1 amide bonds. The maximum absolute atomic E-state index is 12.6. The molecular formula is C17H25N3O2. The molecular weight excluding hydrogens is 278 g/mol. The predicted molar refractivity (Wildman–Crippen MR) is 83.2 cm³/mol. The van der Waals surface area contributed by atoms with Crippen LogP contribution in [0.25, 0.3) is 0 Å². The van der Waals surface area contributed by atoms with Crippen molar-refractivity contribution >= 4 is 5.91 Å². The SMILES string of the molecule is O=C(CC1(O)CCCCC1)N1CCC[C@H](c2cnccn2)C1. The van der Waals surface area contributed by atoms with Gasteiger partial charge in [0.25, 0.3) is 0 Å². The summed E-state index contributed by atoms with van der Waals surface area (Å²) in [6.45, 7) is 1.50. The highest BCUT2D eigenvalue weighted by Gasteiger charge is 2.34. The second-order valence-electron chi connectivity index (χ2n) is 6.77. The fraction of sp³-hybridized carbons (Fsp3) is 0.706. The molecule has 1 aliphatic heterocycles. The standard InChI is InChI=1S/C17H25N3O2/c21-16(11-17(22)6-2-1-3-7-17)20-10-4-5-14(13-20)15-12-18-8-9-19-15/h8-9,12,14,22H,1-7,10-11,13H2/t14-/m0/s1. The second-order valence-corrected chi connectivity index (χ2v) is 6.77. The van der Waals surface area contributed by atoms with Gasteiger partial charge in [-0.3, -0.25) is 14.8 Å². The highest BCUT2D eigenvalue weighted by atomic mass is 16.3. The number of carbonyl (C=O) groups excluding carboxylic acids is 1. The highest BCUT2D eigenvalue weighted by Crippen LogP contribution is 2.32. The van der Waals surface area contributed by atoms with Gasteiger partial charge in [0.1, 0.15) is 0 Å². The molecule has 1 saturated carbocycles. The van der Waals surface area contributed by atoms with E-state index in [-0.39, 0.29) is 18.2 Å². The Morgan fingerprint density at radius 2 is 2.09 bits per heavy atom. The molecule has 22 heavy (non-hydrogen) atoms. The summed E-state index contributed by atoms with van der Waals surface area (Å²) in [5.74, 6) is 0.366. The lowest BCUT2D eigenvalue weighted by molar-refractivity contribution is -0.139. The van der Waals surface area contributed by atoms with E-state index in [9.17, 15) is 9.90 Å². The predicted octanol–water partition coefficient (Wildman–Crippen LogP) is 2.27. The number of amides is 1. The number of piperidine rings is 1. The molecule has 1 aliphatic carbocycles. The van der Waals surface area contributed by atoms with Gasteiger partial charge in [-0.15, -0.1) is 0 Å². The summed E-state index contributed by atoms with van der Waals surface area (Å²) in [4.78, 5) is 23.0. The minimum atomic E-state index is -0.769. The molecule has 0 radical (unpaired) electrons. The van der Waals surface area contributed by atoms with Gasteiger partial charge >= 0.3 is 0 Å². The molecule has 1 aromatic heterocycles. The molecule has 0 aromatic carbocycles. The Morgan fingerprint density at radius 3 is 2.82 bits per heavy atom. The summed E-state index contributed by atoms with van der Waals surface area (Å²) in [7, 11) is 0. The van der Waals surface area contributed by atoms with Gasteiger partial charge in [0.15, 0.2) is 0 Å². The minimum Gasteiger partial charge on any atom is -0.389 e. The van der Waals surface area contributed by atoms with Crippen LogP contribution in [-0.4, -0.2) is 44.6 Å². The molecule has 120 valence electrons. The van der Waals surface area contributed by atoms with Crippen LogP contribution in [0.15, 0.2) is 18.6 Å². The lowest BCUT2D eigenvalue weighted by Crippen LogP contribution is -2.44. The molecule has 5 nitrogen and oxygen atoms in total.